The molecule has 1 N–H and O–H groups in total. The predicted octanol–water partition coefficient (Wildman–Crippen LogP) is 1.71. The van der Waals surface area contributed by atoms with Gasteiger partial charge in [0.2, 0.25) is 11.8 Å². The van der Waals surface area contributed by atoms with Crippen molar-refractivity contribution in [2.45, 2.75) is 18.9 Å². The Morgan fingerprint density at radius 3 is 2.70 bits per heavy atom. The van der Waals surface area contributed by atoms with Gasteiger partial charge in [0, 0.05) is 25.5 Å². The van der Waals surface area contributed by atoms with Crippen molar-refractivity contribution in [2.75, 3.05) is 14.2 Å². The van der Waals surface area contributed by atoms with Crippen molar-refractivity contribution < 1.29 is 14.3 Å². The summed E-state index contributed by atoms with van der Waals surface area (Å²) >= 11 is 0. The number of aryl methyl sites for hydroxylation is 1. The molecule has 0 aliphatic heterocycles. The van der Waals surface area contributed by atoms with Gasteiger partial charge in [-0.1, -0.05) is 0 Å². The first-order chi connectivity index (χ1) is 11.1. The maximum absolute atomic E-state index is 12.7. The molecular weight excluding hydrogens is 296 g/mol. The van der Waals surface area contributed by atoms with Crippen LogP contribution in [-0.4, -0.2) is 34.7 Å². The molecule has 122 valence electrons. The van der Waals surface area contributed by atoms with Crippen LogP contribution in [0.25, 0.3) is 0 Å². The lowest BCUT2D eigenvalue weighted by atomic mass is 10.1. The predicted molar refractivity (Wildman–Crippen MR) is 83.5 cm³/mol. The zero-order valence-corrected chi connectivity index (χ0v) is 13.4. The Balaban J connectivity index is 1.84. The van der Waals surface area contributed by atoms with Crippen LogP contribution in [0.4, 0.5) is 0 Å². The van der Waals surface area contributed by atoms with Crippen LogP contribution in [0, 0.1) is 5.92 Å². The summed E-state index contributed by atoms with van der Waals surface area (Å²) in [6.45, 7) is 0. The number of carbonyl (C=O) groups is 1. The summed E-state index contributed by atoms with van der Waals surface area (Å²) in [5, 5.41) is 3.07. The zero-order valence-electron chi connectivity index (χ0n) is 13.4. The van der Waals surface area contributed by atoms with E-state index in [1.165, 1.54) is 14.2 Å². The fourth-order valence-corrected chi connectivity index (χ4v) is 2.58. The van der Waals surface area contributed by atoms with Crippen molar-refractivity contribution in [3.05, 3.63) is 35.9 Å². The molecule has 1 saturated carbocycles. The molecule has 0 bridgehead atoms. The first kappa shape index (κ1) is 15.3. The Kier molecular flexibility index (Phi) is 4.18. The zero-order chi connectivity index (χ0) is 16.4. The molecule has 0 spiro atoms. The first-order valence-electron chi connectivity index (χ1n) is 7.51. The highest BCUT2D eigenvalue weighted by Gasteiger charge is 2.36. The molecule has 1 fully saturated rings. The molecule has 2 aromatic rings. The molecule has 0 saturated heterocycles. The fourth-order valence-electron chi connectivity index (χ4n) is 2.58. The SMILES string of the molecule is COc1ccc(C(=O)N[C@H](c2nccn2C)C2CC2)c(OC)n1. The number of ether oxygens (including phenoxy) is 2. The highest BCUT2D eigenvalue weighted by Crippen LogP contribution is 2.40. The molecule has 2 aromatic heterocycles. The molecule has 0 unspecified atom stereocenters. The summed E-state index contributed by atoms with van der Waals surface area (Å²) in [5.74, 6) is 1.72. The number of hydrogen-bond donors (Lipinski definition) is 1. The molecule has 23 heavy (non-hydrogen) atoms. The van der Waals surface area contributed by atoms with E-state index in [4.69, 9.17) is 9.47 Å². The van der Waals surface area contributed by atoms with E-state index < -0.39 is 0 Å². The number of imidazole rings is 1. The van der Waals surface area contributed by atoms with Gasteiger partial charge in [0.1, 0.15) is 11.4 Å². The third kappa shape index (κ3) is 3.13. The average molecular weight is 316 g/mol. The number of aromatic nitrogens is 3. The van der Waals surface area contributed by atoms with Gasteiger partial charge in [0.05, 0.1) is 20.3 Å². The average Bonchev–Trinajstić information content (AvgIpc) is 3.33. The highest BCUT2D eigenvalue weighted by molar-refractivity contribution is 5.96. The second-order valence-corrected chi connectivity index (χ2v) is 5.60. The summed E-state index contributed by atoms with van der Waals surface area (Å²) in [6, 6.07) is 3.20. The van der Waals surface area contributed by atoms with E-state index in [1.54, 1.807) is 18.3 Å². The Bertz CT molecular complexity index is 709. The minimum Gasteiger partial charge on any atom is -0.481 e. The van der Waals surface area contributed by atoms with Crippen LogP contribution in [0.3, 0.4) is 0 Å². The molecule has 1 amide bonds. The van der Waals surface area contributed by atoms with Crippen LogP contribution in [0.1, 0.15) is 35.1 Å². The third-order valence-corrected chi connectivity index (χ3v) is 4.00. The second kappa shape index (κ2) is 6.28. The number of nitrogens with one attached hydrogen (secondary N) is 1. The molecule has 2 heterocycles. The fraction of sp³-hybridized carbons (Fsp3) is 0.438. The number of methoxy groups -OCH3 is 2. The lowest BCUT2D eigenvalue weighted by molar-refractivity contribution is 0.0925. The minimum atomic E-state index is -0.225. The Labute approximate surface area is 134 Å². The van der Waals surface area contributed by atoms with Crippen LogP contribution in [0.2, 0.25) is 0 Å². The molecule has 7 nitrogen and oxygen atoms in total. The van der Waals surface area contributed by atoms with Crippen LogP contribution < -0.4 is 14.8 Å². The van der Waals surface area contributed by atoms with E-state index in [0.29, 0.717) is 17.4 Å². The van der Waals surface area contributed by atoms with E-state index in [-0.39, 0.29) is 17.8 Å². The third-order valence-electron chi connectivity index (χ3n) is 4.00. The molecule has 7 heteroatoms. The number of nitrogens with zero attached hydrogens (tertiary/aromatic N) is 3. The molecule has 1 aliphatic carbocycles. The van der Waals surface area contributed by atoms with Gasteiger partial charge in [-0.25, -0.2) is 4.98 Å². The van der Waals surface area contributed by atoms with Crippen LogP contribution in [0.5, 0.6) is 11.8 Å². The molecule has 0 radical (unpaired) electrons. The van der Waals surface area contributed by atoms with Crippen molar-refractivity contribution >= 4 is 5.91 Å². The van der Waals surface area contributed by atoms with E-state index in [2.05, 4.69) is 15.3 Å². The van der Waals surface area contributed by atoms with Crippen LogP contribution in [-0.2, 0) is 7.05 Å². The van der Waals surface area contributed by atoms with Gasteiger partial charge in [-0.3, -0.25) is 4.79 Å². The van der Waals surface area contributed by atoms with Gasteiger partial charge in [0.15, 0.2) is 0 Å². The Hall–Kier alpha value is -2.57. The van der Waals surface area contributed by atoms with Crippen molar-refractivity contribution in [2.24, 2.45) is 13.0 Å². The van der Waals surface area contributed by atoms with Crippen molar-refractivity contribution in [3.63, 3.8) is 0 Å². The number of rotatable bonds is 6. The van der Waals surface area contributed by atoms with Crippen LogP contribution >= 0.6 is 0 Å². The standard InChI is InChI=1S/C16H20N4O3/c1-20-9-8-17-14(20)13(10-4-5-10)19-15(21)11-6-7-12(22-2)18-16(11)23-3/h6-10,13H,4-5H2,1-3H3,(H,19,21)/t13-/m0/s1. The first-order valence-corrected chi connectivity index (χ1v) is 7.51. The molecule has 1 aliphatic rings. The monoisotopic (exact) mass is 316 g/mol. The highest BCUT2D eigenvalue weighted by atomic mass is 16.5. The molecule has 1 atom stereocenters. The van der Waals surface area contributed by atoms with E-state index in [9.17, 15) is 4.79 Å². The van der Waals surface area contributed by atoms with Gasteiger partial charge in [-0.05, 0) is 24.8 Å². The van der Waals surface area contributed by atoms with Crippen LogP contribution in [0.15, 0.2) is 24.5 Å². The Morgan fingerprint density at radius 1 is 1.35 bits per heavy atom. The van der Waals surface area contributed by atoms with Gasteiger partial charge >= 0.3 is 0 Å². The summed E-state index contributed by atoms with van der Waals surface area (Å²) in [7, 11) is 4.93. The smallest absolute Gasteiger partial charge is 0.257 e. The molecule has 0 aromatic carbocycles. The number of pyridine rings is 1. The normalized spacial score (nSPS) is 15.1. The largest absolute Gasteiger partial charge is 0.481 e. The van der Waals surface area contributed by atoms with Crippen molar-refractivity contribution in [1.29, 1.82) is 0 Å². The maximum Gasteiger partial charge on any atom is 0.257 e. The Morgan fingerprint density at radius 2 is 2.13 bits per heavy atom. The van der Waals surface area contributed by atoms with E-state index in [1.807, 2.05) is 17.8 Å². The van der Waals surface area contributed by atoms with Gasteiger partial charge in [-0.15, -0.1) is 0 Å². The number of carbonyl (C=O) groups excluding carboxylic acids is 1. The number of amides is 1. The lowest BCUT2D eigenvalue weighted by Gasteiger charge is -2.18. The summed E-state index contributed by atoms with van der Waals surface area (Å²) in [4.78, 5) is 21.2. The van der Waals surface area contributed by atoms with Gasteiger partial charge < -0.3 is 19.4 Å². The summed E-state index contributed by atoms with van der Waals surface area (Å²) < 4.78 is 12.2. The summed E-state index contributed by atoms with van der Waals surface area (Å²) in [6.07, 6.45) is 5.81. The molecule has 3 rings (SSSR count). The maximum atomic E-state index is 12.7. The second-order valence-electron chi connectivity index (χ2n) is 5.60. The topological polar surface area (TPSA) is 78.3 Å². The van der Waals surface area contributed by atoms with Gasteiger partial charge in [-0.2, -0.15) is 4.98 Å². The minimum absolute atomic E-state index is 0.102. The van der Waals surface area contributed by atoms with Crippen molar-refractivity contribution in [3.8, 4) is 11.8 Å². The van der Waals surface area contributed by atoms with Gasteiger partial charge in [0.25, 0.3) is 5.91 Å². The number of hydrogen-bond acceptors (Lipinski definition) is 5. The summed E-state index contributed by atoms with van der Waals surface area (Å²) in [5.41, 5.74) is 0.383. The molecular formula is C16H20N4O3. The van der Waals surface area contributed by atoms with Crippen molar-refractivity contribution in [1.82, 2.24) is 19.9 Å². The van der Waals surface area contributed by atoms with E-state index in [0.717, 1.165) is 18.7 Å². The quantitative estimate of drug-likeness (QED) is 0.878. The lowest BCUT2D eigenvalue weighted by Crippen LogP contribution is -2.32. The van der Waals surface area contributed by atoms with E-state index >= 15 is 0 Å².